The van der Waals surface area contributed by atoms with Gasteiger partial charge in [0.2, 0.25) is 0 Å². The zero-order chi connectivity index (χ0) is 15.9. The van der Waals surface area contributed by atoms with Crippen molar-refractivity contribution in [3.63, 3.8) is 0 Å². The van der Waals surface area contributed by atoms with Crippen LogP contribution in [0.1, 0.15) is 40.3 Å². The van der Waals surface area contributed by atoms with Crippen molar-refractivity contribution in [1.82, 2.24) is 0 Å². The van der Waals surface area contributed by atoms with Crippen LogP contribution in [0, 0.1) is 13.8 Å². The molecule has 0 unspecified atom stereocenters. The van der Waals surface area contributed by atoms with E-state index in [0.717, 1.165) is 23.4 Å². The SMILES string of the molecule is C=C1C=C(c2cc(CC)c(C)cc2C)Cc2c(Cl)cccc21. The summed E-state index contributed by atoms with van der Waals surface area (Å²) in [5.41, 5.74) is 10.2. The Kier molecular flexibility index (Phi) is 3.97. The Morgan fingerprint density at radius 1 is 1.09 bits per heavy atom. The molecule has 0 radical (unpaired) electrons. The molecule has 0 aliphatic heterocycles. The lowest BCUT2D eigenvalue weighted by atomic mass is 9.83. The van der Waals surface area contributed by atoms with E-state index in [0.29, 0.717) is 0 Å². The maximum atomic E-state index is 6.42. The summed E-state index contributed by atoms with van der Waals surface area (Å²) in [7, 11) is 0. The number of hydrogen-bond donors (Lipinski definition) is 0. The van der Waals surface area contributed by atoms with Crippen molar-refractivity contribution < 1.29 is 0 Å². The van der Waals surface area contributed by atoms with Gasteiger partial charge in [-0.3, -0.25) is 0 Å². The van der Waals surface area contributed by atoms with E-state index >= 15 is 0 Å². The average Bonchev–Trinajstić information content (AvgIpc) is 2.48. The van der Waals surface area contributed by atoms with Crippen LogP contribution in [0.3, 0.4) is 0 Å². The number of fused-ring (bicyclic) bond motifs is 1. The summed E-state index contributed by atoms with van der Waals surface area (Å²) in [4.78, 5) is 0. The van der Waals surface area contributed by atoms with Gasteiger partial charge >= 0.3 is 0 Å². The minimum Gasteiger partial charge on any atom is -0.0911 e. The van der Waals surface area contributed by atoms with Gasteiger partial charge in [-0.25, -0.2) is 0 Å². The Morgan fingerprint density at radius 3 is 2.59 bits per heavy atom. The Morgan fingerprint density at radius 2 is 1.86 bits per heavy atom. The van der Waals surface area contributed by atoms with Crippen molar-refractivity contribution in [2.45, 2.75) is 33.6 Å². The van der Waals surface area contributed by atoms with Gasteiger partial charge in [-0.05, 0) is 70.9 Å². The molecule has 1 aliphatic carbocycles. The molecule has 0 bridgehead atoms. The van der Waals surface area contributed by atoms with Crippen LogP contribution in [0.15, 0.2) is 43.0 Å². The van der Waals surface area contributed by atoms with E-state index < -0.39 is 0 Å². The summed E-state index contributed by atoms with van der Waals surface area (Å²) >= 11 is 6.42. The molecule has 0 amide bonds. The van der Waals surface area contributed by atoms with Crippen LogP contribution in [0.5, 0.6) is 0 Å². The van der Waals surface area contributed by atoms with Crippen molar-refractivity contribution in [1.29, 1.82) is 0 Å². The number of allylic oxidation sites excluding steroid dienone is 3. The molecule has 0 spiro atoms. The summed E-state index contributed by atoms with van der Waals surface area (Å²) < 4.78 is 0. The first-order valence-electron chi connectivity index (χ1n) is 7.79. The van der Waals surface area contributed by atoms with Gasteiger partial charge in [0.1, 0.15) is 0 Å². The molecule has 0 aromatic heterocycles. The first-order chi connectivity index (χ1) is 10.5. The third-order valence-corrected chi connectivity index (χ3v) is 4.94. The summed E-state index contributed by atoms with van der Waals surface area (Å²) in [5.74, 6) is 0. The van der Waals surface area contributed by atoms with Crippen LogP contribution in [-0.2, 0) is 12.8 Å². The van der Waals surface area contributed by atoms with E-state index in [-0.39, 0.29) is 0 Å². The highest BCUT2D eigenvalue weighted by Crippen LogP contribution is 2.37. The second-order valence-corrected chi connectivity index (χ2v) is 6.49. The van der Waals surface area contributed by atoms with E-state index in [1.807, 2.05) is 12.1 Å². The zero-order valence-corrected chi connectivity index (χ0v) is 14.2. The summed E-state index contributed by atoms with van der Waals surface area (Å²) in [6, 6.07) is 10.7. The van der Waals surface area contributed by atoms with Gasteiger partial charge in [-0.1, -0.05) is 55.4 Å². The minimum absolute atomic E-state index is 0.838. The summed E-state index contributed by atoms with van der Waals surface area (Å²) in [6.07, 6.45) is 4.15. The molecule has 2 aromatic carbocycles. The number of aryl methyl sites for hydroxylation is 3. The van der Waals surface area contributed by atoms with Gasteiger partial charge in [0.15, 0.2) is 0 Å². The molecule has 1 heteroatoms. The predicted molar refractivity (Wildman–Crippen MR) is 97.5 cm³/mol. The van der Waals surface area contributed by atoms with Gasteiger partial charge in [0, 0.05) is 11.4 Å². The lowest BCUT2D eigenvalue weighted by Gasteiger charge is -2.22. The molecule has 0 saturated carbocycles. The van der Waals surface area contributed by atoms with Gasteiger partial charge in [0.05, 0.1) is 0 Å². The smallest absolute Gasteiger partial charge is 0.0447 e. The third kappa shape index (κ3) is 2.53. The maximum Gasteiger partial charge on any atom is 0.0447 e. The van der Waals surface area contributed by atoms with Crippen molar-refractivity contribution in [2.75, 3.05) is 0 Å². The second kappa shape index (κ2) is 5.78. The van der Waals surface area contributed by atoms with Crippen molar-refractivity contribution in [3.8, 4) is 0 Å². The summed E-state index contributed by atoms with van der Waals surface area (Å²) in [6.45, 7) is 10.8. The van der Waals surface area contributed by atoms with E-state index in [1.54, 1.807) is 0 Å². The van der Waals surface area contributed by atoms with Crippen LogP contribution in [0.2, 0.25) is 5.02 Å². The van der Waals surface area contributed by atoms with Crippen molar-refractivity contribution >= 4 is 22.7 Å². The third-order valence-electron chi connectivity index (χ3n) is 4.59. The zero-order valence-electron chi connectivity index (χ0n) is 13.5. The summed E-state index contributed by atoms with van der Waals surface area (Å²) in [5, 5.41) is 0.838. The monoisotopic (exact) mass is 308 g/mol. The fourth-order valence-corrected chi connectivity index (χ4v) is 3.61. The standard InChI is InChI=1S/C21H21Cl/c1-5-16-11-19(14(3)9-13(16)2)17-10-15(4)18-7-6-8-21(22)20(18)12-17/h6-11H,4-5,12H2,1-3H3. The second-order valence-electron chi connectivity index (χ2n) is 6.08. The lowest BCUT2D eigenvalue weighted by Crippen LogP contribution is -2.04. The molecule has 0 heterocycles. The molecule has 1 aliphatic rings. The quantitative estimate of drug-likeness (QED) is 0.622. The lowest BCUT2D eigenvalue weighted by molar-refractivity contribution is 1.09. The molecule has 0 saturated heterocycles. The highest BCUT2D eigenvalue weighted by atomic mass is 35.5. The predicted octanol–water partition coefficient (Wildman–Crippen LogP) is 6.17. The van der Waals surface area contributed by atoms with Gasteiger partial charge < -0.3 is 0 Å². The first-order valence-corrected chi connectivity index (χ1v) is 8.16. The fraction of sp³-hybridized carbons (Fsp3) is 0.238. The number of rotatable bonds is 2. The molecular formula is C21H21Cl. The maximum absolute atomic E-state index is 6.42. The van der Waals surface area contributed by atoms with Crippen molar-refractivity contribution in [2.24, 2.45) is 0 Å². The van der Waals surface area contributed by atoms with Crippen LogP contribution >= 0.6 is 11.6 Å². The van der Waals surface area contributed by atoms with Crippen LogP contribution in [-0.4, -0.2) is 0 Å². The van der Waals surface area contributed by atoms with E-state index in [1.165, 1.54) is 39.0 Å². The van der Waals surface area contributed by atoms with E-state index in [9.17, 15) is 0 Å². The molecule has 2 aromatic rings. The number of benzene rings is 2. The normalized spacial score (nSPS) is 13.8. The molecule has 0 nitrogen and oxygen atoms in total. The van der Waals surface area contributed by atoms with Gasteiger partial charge in [-0.2, -0.15) is 0 Å². The Hall–Kier alpha value is -1.79. The Balaban J connectivity index is 2.12. The van der Waals surface area contributed by atoms with E-state index in [4.69, 9.17) is 11.6 Å². The van der Waals surface area contributed by atoms with Crippen LogP contribution in [0.4, 0.5) is 0 Å². The highest BCUT2D eigenvalue weighted by molar-refractivity contribution is 6.31. The molecule has 3 rings (SSSR count). The molecule has 0 N–H and O–H groups in total. The van der Waals surface area contributed by atoms with Crippen LogP contribution < -0.4 is 0 Å². The molecule has 0 fully saturated rings. The fourth-order valence-electron chi connectivity index (χ4n) is 3.37. The van der Waals surface area contributed by atoms with Crippen molar-refractivity contribution in [3.05, 3.63) is 81.4 Å². The highest BCUT2D eigenvalue weighted by Gasteiger charge is 2.19. The molecule has 0 atom stereocenters. The van der Waals surface area contributed by atoms with Gasteiger partial charge in [-0.15, -0.1) is 0 Å². The average molecular weight is 309 g/mol. The van der Waals surface area contributed by atoms with Gasteiger partial charge in [0.25, 0.3) is 0 Å². The Labute approximate surface area is 138 Å². The number of hydrogen-bond acceptors (Lipinski definition) is 0. The Bertz CT molecular complexity index is 794. The van der Waals surface area contributed by atoms with Crippen LogP contribution in [0.25, 0.3) is 11.1 Å². The number of halogens is 1. The van der Waals surface area contributed by atoms with E-state index in [2.05, 4.69) is 51.6 Å². The molecule has 112 valence electrons. The minimum atomic E-state index is 0.838. The topological polar surface area (TPSA) is 0 Å². The largest absolute Gasteiger partial charge is 0.0911 e. The molecule has 22 heavy (non-hydrogen) atoms. The molecular weight excluding hydrogens is 288 g/mol. The first kappa shape index (κ1) is 15.1.